The maximum absolute atomic E-state index is 8.25. The quantitative estimate of drug-likeness (QED) is 0.429. The van der Waals surface area contributed by atoms with Crippen molar-refractivity contribution in [2.75, 3.05) is 0 Å². The summed E-state index contributed by atoms with van der Waals surface area (Å²) in [5, 5.41) is 8.25. The smallest absolute Gasteiger partial charge is 0.779 e. The van der Waals surface area contributed by atoms with Crippen molar-refractivity contribution in [2.45, 2.75) is 11.8 Å². The molecule has 0 fully saturated rings. The Morgan fingerprint density at radius 3 is 2.67 bits per heavy atom. The Hall–Kier alpha value is -0.245. The third-order valence-electron chi connectivity index (χ3n) is 1.29. The summed E-state index contributed by atoms with van der Waals surface area (Å²) in [6.07, 6.45) is 0. The van der Waals surface area contributed by atoms with Crippen LogP contribution in [0.1, 0.15) is 5.56 Å². The van der Waals surface area contributed by atoms with Gasteiger partial charge in [-0.1, -0.05) is 29.4 Å². The molecule has 0 aliphatic heterocycles. The molecule has 0 saturated heterocycles. The van der Waals surface area contributed by atoms with Crippen LogP contribution in [-0.2, 0) is 40.3 Å². The van der Waals surface area contributed by atoms with E-state index in [1.807, 2.05) is 19.1 Å². The van der Waals surface area contributed by atoms with Crippen molar-refractivity contribution in [1.82, 2.24) is 0 Å². The SMILES string of the molecule is Cc1ccc(N=C=[N-])c([S-])c1.[Hg+2]. The van der Waals surface area contributed by atoms with Crippen LogP contribution in [0.5, 0.6) is 0 Å². The molecule has 2 nitrogen and oxygen atoms in total. The van der Waals surface area contributed by atoms with Crippen molar-refractivity contribution in [2.24, 2.45) is 4.99 Å². The number of hydrogen-bond donors (Lipinski definition) is 0. The third kappa shape index (κ3) is 3.01. The van der Waals surface area contributed by atoms with Crippen LogP contribution in [0.2, 0.25) is 0 Å². The molecule has 0 saturated carbocycles. The fourth-order valence-electron chi connectivity index (χ4n) is 0.768. The first-order chi connectivity index (χ1) is 5.24. The summed E-state index contributed by atoms with van der Waals surface area (Å²) in [5.41, 5.74) is 1.67. The fraction of sp³-hybridized carbons (Fsp3) is 0.125. The molecule has 0 N–H and O–H groups in total. The monoisotopic (exact) mass is 364 g/mol. The van der Waals surface area contributed by atoms with E-state index in [0.29, 0.717) is 10.6 Å². The second kappa shape index (κ2) is 5.41. The Morgan fingerprint density at radius 2 is 2.17 bits per heavy atom. The first kappa shape index (κ1) is 11.8. The van der Waals surface area contributed by atoms with Crippen LogP contribution in [0.15, 0.2) is 28.1 Å². The van der Waals surface area contributed by atoms with E-state index in [4.69, 9.17) is 18.0 Å². The second-order valence-corrected chi connectivity index (χ2v) is 2.62. The van der Waals surface area contributed by atoms with Gasteiger partial charge in [-0.15, -0.1) is 0 Å². The number of benzene rings is 1. The van der Waals surface area contributed by atoms with E-state index < -0.39 is 0 Å². The van der Waals surface area contributed by atoms with Gasteiger partial charge in [0.15, 0.2) is 0 Å². The number of aryl methyl sites for hydroxylation is 1. The van der Waals surface area contributed by atoms with Gasteiger partial charge in [0.1, 0.15) is 0 Å². The molecule has 0 heterocycles. The topological polar surface area (TPSA) is 34.7 Å². The molecule has 1 aromatic rings. The average Bonchev–Trinajstić information content (AvgIpc) is 1.95. The van der Waals surface area contributed by atoms with Gasteiger partial charge >= 0.3 is 27.7 Å². The van der Waals surface area contributed by atoms with Gasteiger partial charge < -0.3 is 23.0 Å². The Morgan fingerprint density at radius 1 is 1.50 bits per heavy atom. The molecule has 0 amide bonds. The molecule has 1 aromatic carbocycles. The van der Waals surface area contributed by atoms with E-state index in [1.165, 1.54) is 0 Å². The Balaban J connectivity index is 0.00000121. The minimum Gasteiger partial charge on any atom is -0.779 e. The number of aliphatic imine (C=N–C) groups is 1. The molecule has 56 valence electrons. The van der Waals surface area contributed by atoms with Crippen LogP contribution in [0.3, 0.4) is 0 Å². The standard InChI is InChI=1S/C8H7N2S.Hg/c1-6-2-3-7(10-5-9)8(11)4-6;/h2-4,11H,1H3;/q-1;+2/p-1. The molecule has 0 bridgehead atoms. The largest absolute Gasteiger partial charge is 2.00 e. The molecule has 0 spiro atoms. The van der Waals surface area contributed by atoms with Crippen molar-refractivity contribution < 1.29 is 27.7 Å². The molecule has 0 unspecified atom stereocenters. The molecule has 0 aliphatic rings. The maximum atomic E-state index is 8.25. The predicted octanol–water partition coefficient (Wildman–Crippen LogP) is 2.27. The van der Waals surface area contributed by atoms with E-state index in [9.17, 15) is 0 Å². The first-order valence-corrected chi connectivity index (χ1v) is 3.52. The zero-order chi connectivity index (χ0) is 8.27. The number of hydrogen-bond acceptors (Lipinski definition) is 2. The van der Waals surface area contributed by atoms with Crippen LogP contribution < -0.4 is 0 Å². The average molecular weight is 363 g/mol. The van der Waals surface area contributed by atoms with Crippen molar-refractivity contribution in [1.29, 1.82) is 0 Å². The molecule has 1 rings (SSSR count). The number of nitrogens with zero attached hydrogens (tertiary/aromatic N) is 2. The van der Waals surface area contributed by atoms with Crippen molar-refractivity contribution in [3.05, 3.63) is 29.2 Å². The van der Waals surface area contributed by atoms with E-state index in [-0.39, 0.29) is 27.7 Å². The van der Waals surface area contributed by atoms with Crippen LogP contribution in [0.4, 0.5) is 5.69 Å². The summed E-state index contributed by atoms with van der Waals surface area (Å²) in [6.45, 7) is 1.95. The van der Waals surface area contributed by atoms with Gasteiger partial charge in [-0.2, -0.15) is 10.9 Å². The van der Waals surface area contributed by atoms with Gasteiger partial charge in [-0.25, -0.2) is 0 Å². The van der Waals surface area contributed by atoms with Crippen molar-refractivity contribution >= 4 is 24.3 Å². The van der Waals surface area contributed by atoms with E-state index in [2.05, 4.69) is 4.99 Å². The molecule has 0 aromatic heterocycles. The summed E-state index contributed by atoms with van der Waals surface area (Å²) in [4.78, 5) is 4.18. The minimum atomic E-state index is 0. The molecule has 0 atom stereocenters. The van der Waals surface area contributed by atoms with Gasteiger partial charge in [0.25, 0.3) is 0 Å². The molecule has 12 heavy (non-hydrogen) atoms. The summed E-state index contributed by atoms with van der Waals surface area (Å²) in [6, 6.07) is 7.16. The van der Waals surface area contributed by atoms with Gasteiger partial charge in [0, 0.05) is 0 Å². The normalized spacial score (nSPS) is 8.08. The Kier molecular flexibility index (Phi) is 5.30. The van der Waals surface area contributed by atoms with Crippen LogP contribution >= 0.6 is 0 Å². The van der Waals surface area contributed by atoms with Gasteiger partial charge in [0.05, 0.1) is 0 Å². The zero-order valence-electron chi connectivity index (χ0n) is 6.74. The van der Waals surface area contributed by atoms with Gasteiger partial charge in [-0.3, -0.25) is 0 Å². The summed E-state index contributed by atoms with van der Waals surface area (Å²) in [7, 11) is 0. The molecule has 4 heteroatoms. The fourth-order valence-corrected chi connectivity index (χ4v) is 1.07. The van der Waals surface area contributed by atoms with Crippen molar-refractivity contribution in [3.8, 4) is 0 Å². The Bertz CT molecular complexity index is 319. The van der Waals surface area contributed by atoms with Crippen LogP contribution in [0, 0.1) is 6.92 Å². The van der Waals surface area contributed by atoms with Gasteiger partial charge in [-0.05, 0) is 6.92 Å². The predicted molar refractivity (Wildman–Crippen MR) is 47.3 cm³/mol. The van der Waals surface area contributed by atoms with Crippen molar-refractivity contribution in [3.63, 3.8) is 0 Å². The first-order valence-electron chi connectivity index (χ1n) is 3.11. The molecule has 0 radical (unpaired) electrons. The minimum absolute atomic E-state index is 0. The van der Waals surface area contributed by atoms with Crippen LogP contribution in [0.25, 0.3) is 5.41 Å². The van der Waals surface area contributed by atoms with E-state index in [1.54, 1.807) is 12.1 Å². The maximum Gasteiger partial charge on any atom is 2.00 e. The summed E-state index contributed by atoms with van der Waals surface area (Å²) in [5.74, 6) is 0. The molecular formula is C8H6HgN2S. The molecular weight excluding hydrogens is 357 g/mol. The summed E-state index contributed by atoms with van der Waals surface area (Å²) >= 11 is 4.96. The van der Waals surface area contributed by atoms with E-state index >= 15 is 0 Å². The molecule has 0 aliphatic carbocycles. The third-order valence-corrected chi connectivity index (χ3v) is 1.61. The zero-order valence-corrected chi connectivity index (χ0v) is 13.1. The number of rotatable bonds is 1. The summed E-state index contributed by atoms with van der Waals surface area (Å²) < 4.78 is 0. The second-order valence-electron chi connectivity index (χ2n) is 2.18. The van der Waals surface area contributed by atoms with Crippen LogP contribution in [-0.4, -0.2) is 6.01 Å². The van der Waals surface area contributed by atoms with E-state index in [0.717, 1.165) is 5.56 Å². The Labute approximate surface area is 97.5 Å². The van der Waals surface area contributed by atoms with Gasteiger partial charge in [0.2, 0.25) is 0 Å².